The number of halogens is 1. The Kier molecular flexibility index (Phi) is 11.4. The number of nitrogens with one attached hydrogen (secondary N) is 1. The number of methoxy groups -OCH3 is 4. The van der Waals surface area contributed by atoms with Gasteiger partial charge in [0.05, 0.1) is 39.0 Å². The Morgan fingerprint density at radius 3 is 2.00 bits per heavy atom. The first kappa shape index (κ1) is 34.0. The molecule has 0 spiro atoms. The van der Waals surface area contributed by atoms with Crippen molar-refractivity contribution in [3.63, 3.8) is 0 Å². The van der Waals surface area contributed by atoms with Crippen molar-refractivity contribution in [1.82, 2.24) is 10.2 Å². The van der Waals surface area contributed by atoms with Gasteiger partial charge in [-0.3, -0.25) is 13.9 Å². The molecule has 44 heavy (non-hydrogen) atoms. The first-order chi connectivity index (χ1) is 20.9. The van der Waals surface area contributed by atoms with E-state index in [2.05, 4.69) is 5.32 Å². The minimum Gasteiger partial charge on any atom is -0.497 e. The van der Waals surface area contributed by atoms with Crippen LogP contribution < -0.4 is 28.6 Å². The van der Waals surface area contributed by atoms with E-state index in [9.17, 15) is 22.4 Å². The number of hydrogen-bond donors (Lipinski definition) is 1. The van der Waals surface area contributed by atoms with Crippen LogP contribution in [0.1, 0.15) is 26.3 Å². The van der Waals surface area contributed by atoms with Crippen LogP contribution in [-0.4, -0.2) is 72.2 Å². The maximum absolute atomic E-state index is 14.3. The fourth-order valence-electron chi connectivity index (χ4n) is 4.38. The van der Waals surface area contributed by atoms with Crippen molar-refractivity contribution in [3.05, 3.63) is 72.0 Å². The highest BCUT2D eigenvalue weighted by atomic mass is 32.2. The van der Waals surface area contributed by atoms with Crippen molar-refractivity contribution in [1.29, 1.82) is 0 Å². The molecule has 1 N–H and O–H groups in total. The minimum atomic E-state index is -4.48. The Balaban J connectivity index is 2.17. The standard InChI is InChI=1S/C31H38FN3O8S/c1-20(2)33-31(37)21(3)34(18-22-8-10-23(32)11-9-22)30(36)19-35(26-16-24(40-4)12-14-27(26)41-5)44(38,39)25-13-15-28(42-6)29(17-25)43-7/h8-17,20-21H,18-19H2,1-7H3,(H,33,37)/t21-/m1/s1. The first-order valence-corrected chi connectivity index (χ1v) is 15.1. The molecule has 11 nitrogen and oxygen atoms in total. The molecule has 3 aromatic rings. The number of carbonyl (C=O) groups excluding carboxylic acids is 2. The molecule has 0 aromatic heterocycles. The second-order valence-corrected chi connectivity index (χ2v) is 11.9. The molecule has 0 bridgehead atoms. The number of ether oxygens (including phenoxy) is 4. The minimum absolute atomic E-state index is 0.0241. The average Bonchev–Trinajstić information content (AvgIpc) is 3.01. The zero-order chi connectivity index (χ0) is 32.6. The number of nitrogens with zero attached hydrogens (tertiary/aromatic N) is 2. The second-order valence-electron chi connectivity index (χ2n) is 10.1. The van der Waals surface area contributed by atoms with E-state index >= 15 is 0 Å². The van der Waals surface area contributed by atoms with Gasteiger partial charge in [-0.1, -0.05) is 12.1 Å². The van der Waals surface area contributed by atoms with E-state index in [0.29, 0.717) is 17.1 Å². The number of sulfonamides is 1. The van der Waals surface area contributed by atoms with Crippen LogP contribution in [0.5, 0.6) is 23.0 Å². The summed E-state index contributed by atoms with van der Waals surface area (Å²) < 4.78 is 64.6. The molecule has 2 amide bonds. The molecule has 0 saturated carbocycles. The highest BCUT2D eigenvalue weighted by molar-refractivity contribution is 7.92. The molecule has 0 heterocycles. The second kappa shape index (κ2) is 14.8. The van der Waals surface area contributed by atoms with Gasteiger partial charge in [-0.05, 0) is 62.7 Å². The van der Waals surface area contributed by atoms with Crippen LogP contribution in [0.25, 0.3) is 0 Å². The van der Waals surface area contributed by atoms with E-state index < -0.39 is 40.2 Å². The van der Waals surface area contributed by atoms with Gasteiger partial charge in [0.1, 0.15) is 29.9 Å². The van der Waals surface area contributed by atoms with E-state index in [-0.39, 0.29) is 34.7 Å². The summed E-state index contributed by atoms with van der Waals surface area (Å²) >= 11 is 0. The smallest absolute Gasteiger partial charge is 0.265 e. The summed E-state index contributed by atoms with van der Waals surface area (Å²) in [5.41, 5.74) is 0.563. The molecule has 0 radical (unpaired) electrons. The normalized spacial score (nSPS) is 11.8. The third-order valence-electron chi connectivity index (χ3n) is 6.74. The largest absolute Gasteiger partial charge is 0.497 e. The van der Waals surface area contributed by atoms with Gasteiger partial charge in [0.25, 0.3) is 10.0 Å². The van der Waals surface area contributed by atoms with Crippen molar-refractivity contribution in [2.75, 3.05) is 39.3 Å². The number of amides is 2. The highest BCUT2D eigenvalue weighted by Gasteiger charge is 2.34. The van der Waals surface area contributed by atoms with Crippen LogP contribution >= 0.6 is 0 Å². The lowest BCUT2D eigenvalue weighted by Crippen LogP contribution is -2.52. The molecule has 0 fully saturated rings. The van der Waals surface area contributed by atoms with Crippen LogP contribution in [0.3, 0.4) is 0 Å². The van der Waals surface area contributed by atoms with Crippen molar-refractivity contribution < 1.29 is 41.3 Å². The molecule has 0 aliphatic heterocycles. The molecule has 0 aliphatic rings. The fraction of sp³-hybridized carbons (Fsp3) is 0.355. The lowest BCUT2D eigenvalue weighted by atomic mass is 10.1. The maximum atomic E-state index is 14.3. The summed E-state index contributed by atoms with van der Waals surface area (Å²) in [6.45, 7) is 4.29. The van der Waals surface area contributed by atoms with Gasteiger partial charge >= 0.3 is 0 Å². The molecule has 1 atom stereocenters. The van der Waals surface area contributed by atoms with Crippen LogP contribution in [0.4, 0.5) is 10.1 Å². The molecule has 0 aliphatic carbocycles. The summed E-state index contributed by atoms with van der Waals surface area (Å²) in [7, 11) is 1.11. The van der Waals surface area contributed by atoms with Gasteiger partial charge in [-0.2, -0.15) is 0 Å². The van der Waals surface area contributed by atoms with E-state index in [1.807, 2.05) is 0 Å². The molecular formula is C31H38FN3O8S. The quantitative estimate of drug-likeness (QED) is 0.283. The van der Waals surface area contributed by atoms with Gasteiger partial charge in [0, 0.05) is 24.7 Å². The summed E-state index contributed by atoms with van der Waals surface area (Å²) in [6, 6.07) is 12.8. The zero-order valence-corrected chi connectivity index (χ0v) is 26.6. The predicted molar refractivity (Wildman–Crippen MR) is 163 cm³/mol. The molecule has 0 unspecified atom stereocenters. The molecule has 3 rings (SSSR count). The fourth-order valence-corrected chi connectivity index (χ4v) is 5.82. The van der Waals surface area contributed by atoms with Crippen LogP contribution in [0.15, 0.2) is 65.6 Å². The number of rotatable bonds is 14. The summed E-state index contributed by atoms with van der Waals surface area (Å²) in [6.07, 6.45) is 0. The van der Waals surface area contributed by atoms with E-state index in [0.717, 1.165) is 4.31 Å². The third kappa shape index (κ3) is 7.90. The lowest BCUT2D eigenvalue weighted by Gasteiger charge is -2.32. The Morgan fingerprint density at radius 2 is 1.43 bits per heavy atom. The zero-order valence-electron chi connectivity index (χ0n) is 25.8. The van der Waals surface area contributed by atoms with Crippen molar-refractivity contribution >= 4 is 27.5 Å². The molecule has 238 valence electrons. The first-order valence-electron chi connectivity index (χ1n) is 13.7. The third-order valence-corrected chi connectivity index (χ3v) is 8.50. The molecular weight excluding hydrogens is 593 g/mol. The summed E-state index contributed by atoms with van der Waals surface area (Å²) in [5, 5.41) is 2.78. The Hall–Kier alpha value is -4.52. The van der Waals surface area contributed by atoms with Crippen molar-refractivity contribution in [2.45, 2.75) is 44.3 Å². The van der Waals surface area contributed by atoms with Crippen LogP contribution in [-0.2, 0) is 26.2 Å². The Labute approximate surface area is 257 Å². The topological polar surface area (TPSA) is 124 Å². The molecule has 3 aromatic carbocycles. The van der Waals surface area contributed by atoms with E-state index in [1.165, 1.54) is 87.9 Å². The van der Waals surface area contributed by atoms with Gasteiger partial charge in [0.15, 0.2) is 11.5 Å². The van der Waals surface area contributed by atoms with Crippen molar-refractivity contribution in [3.8, 4) is 23.0 Å². The summed E-state index contributed by atoms with van der Waals surface area (Å²) in [4.78, 5) is 28.3. The summed E-state index contributed by atoms with van der Waals surface area (Å²) in [5.74, 6) is -0.669. The van der Waals surface area contributed by atoms with Gasteiger partial charge in [0.2, 0.25) is 11.8 Å². The predicted octanol–water partition coefficient (Wildman–Crippen LogP) is 4.00. The Morgan fingerprint density at radius 1 is 0.818 bits per heavy atom. The maximum Gasteiger partial charge on any atom is 0.265 e. The van der Waals surface area contributed by atoms with Crippen molar-refractivity contribution in [2.24, 2.45) is 0 Å². The lowest BCUT2D eigenvalue weighted by molar-refractivity contribution is -0.139. The van der Waals surface area contributed by atoms with E-state index in [4.69, 9.17) is 18.9 Å². The SMILES string of the molecule is COc1ccc(OC)c(N(CC(=O)N(Cc2ccc(F)cc2)[C@H](C)C(=O)NC(C)C)S(=O)(=O)c2ccc(OC)c(OC)c2)c1. The monoisotopic (exact) mass is 631 g/mol. The number of benzene rings is 3. The van der Waals surface area contributed by atoms with Gasteiger partial charge in [-0.25, -0.2) is 12.8 Å². The Bertz CT molecular complexity index is 1560. The average molecular weight is 632 g/mol. The van der Waals surface area contributed by atoms with Crippen LogP contribution in [0.2, 0.25) is 0 Å². The molecule has 0 saturated heterocycles. The number of hydrogen-bond acceptors (Lipinski definition) is 8. The van der Waals surface area contributed by atoms with Crippen LogP contribution in [0, 0.1) is 5.82 Å². The van der Waals surface area contributed by atoms with Gasteiger partial charge in [-0.15, -0.1) is 0 Å². The number of anilines is 1. The highest BCUT2D eigenvalue weighted by Crippen LogP contribution is 2.37. The van der Waals surface area contributed by atoms with E-state index in [1.54, 1.807) is 26.8 Å². The van der Waals surface area contributed by atoms with Gasteiger partial charge < -0.3 is 29.2 Å². The number of carbonyl (C=O) groups is 2. The molecule has 13 heteroatoms.